The van der Waals surface area contributed by atoms with Crippen molar-refractivity contribution >= 4 is 11.9 Å². The molecule has 4 heterocycles. The Hall–Kier alpha value is -2.44. The lowest BCUT2D eigenvalue weighted by molar-refractivity contribution is 0.0922. The van der Waals surface area contributed by atoms with E-state index >= 15 is 0 Å². The van der Waals surface area contributed by atoms with Gasteiger partial charge in [-0.05, 0) is 32.3 Å². The van der Waals surface area contributed by atoms with Crippen LogP contribution in [0.1, 0.15) is 41.3 Å². The summed E-state index contributed by atoms with van der Waals surface area (Å²) in [6.45, 7) is 4.71. The summed E-state index contributed by atoms with van der Waals surface area (Å²) in [7, 11) is 0. The highest BCUT2D eigenvalue weighted by molar-refractivity contribution is 5.92. The van der Waals surface area contributed by atoms with Gasteiger partial charge in [-0.3, -0.25) is 4.79 Å². The fourth-order valence-corrected chi connectivity index (χ4v) is 3.51. The molecule has 126 valence electrons. The molecule has 7 heteroatoms. The van der Waals surface area contributed by atoms with E-state index in [9.17, 15) is 4.79 Å². The number of nitrogens with one attached hydrogen (secondary N) is 1. The monoisotopic (exact) mass is 326 g/mol. The number of imidazole rings is 1. The molecule has 2 aromatic heterocycles. The molecule has 0 bridgehead atoms. The Kier molecular flexibility index (Phi) is 3.92. The zero-order chi connectivity index (χ0) is 16.5. The highest BCUT2D eigenvalue weighted by Gasteiger charge is 2.23. The Bertz CT molecular complexity index is 749. The van der Waals surface area contributed by atoms with Crippen molar-refractivity contribution in [3.05, 3.63) is 35.7 Å². The van der Waals surface area contributed by atoms with Gasteiger partial charge in [-0.2, -0.15) is 0 Å². The molecule has 1 fully saturated rings. The van der Waals surface area contributed by atoms with Crippen LogP contribution in [-0.2, 0) is 13.0 Å². The van der Waals surface area contributed by atoms with Crippen LogP contribution in [0.15, 0.2) is 18.5 Å². The van der Waals surface area contributed by atoms with Crippen molar-refractivity contribution in [2.75, 3.05) is 18.0 Å². The SMILES string of the molecule is Cc1cn2c(n1)CC[C@H](NC(=O)c1ccnc(N3CCCC3)n1)C2. The third-order valence-electron chi connectivity index (χ3n) is 4.71. The van der Waals surface area contributed by atoms with Crippen LogP contribution < -0.4 is 10.2 Å². The van der Waals surface area contributed by atoms with Crippen molar-refractivity contribution < 1.29 is 4.79 Å². The minimum absolute atomic E-state index is 0.115. The average molecular weight is 326 g/mol. The summed E-state index contributed by atoms with van der Waals surface area (Å²) in [6, 6.07) is 1.80. The predicted octanol–water partition coefficient (Wildman–Crippen LogP) is 1.33. The molecule has 0 unspecified atom stereocenters. The van der Waals surface area contributed by atoms with Gasteiger partial charge in [0.25, 0.3) is 5.91 Å². The highest BCUT2D eigenvalue weighted by Crippen LogP contribution is 2.17. The maximum Gasteiger partial charge on any atom is 0.270 e. The zero-order valence-electron chi connectivity index (χ0n) is 13.9. The van der Waals surface area contributed by atoms with E-state index in [2.05, 4.69) is 29.7 Å². The number of carbonyl (C=O) groups is 1. The highest BCUT2D eigenvalue weighted by atomic mass is 16.2. The topological polar surface area (TPSA) is 75.9 Å². The lowest BCUT2D eigenvalue weighted by atomic mass is 10.1. The van der Waals surface area contributed by atoms with E-state index in [1.54, 1.807) is 12.3 Å². The van der Waals surface area contributed by atoms with Crippen LogP contribution >= 0.6 is 0 Å². The first kappa shape index (κ1) is 15.1. The number of aromatic nitrogens is 4. The van der Waals surface area contributed by atoms with Crippen molar-refractivity contribution in [1.82, 2.24) is 24.8 Å². The summed E-state index contributed by atoms with van der Waals surface area (Å²) >= 11 is 0. The third-order valence-corrected chi connectivity index (χ3v) is 4.71. The van der Waals surface area contributed by atoms with E-state index in [4.69, 9.17) is 0 Å². The van der Waals surface area contributed by atoms with Crippen LogP contribution in [0.4, 0.5) is 5.95 Å². The van der Waals surface area contributed by atoms with E-state index in [0.29, 0.717) is 11.6 Å². The van der Waals surface area contributed by atoms with Gasteiger partial charge in [0, 0.05) is 44.5 Å². The van der Waals surface area contributed by atoms with Gasteiger partial charge in [0.1, 0.15) is 11.5 Å². The molecule has 0 aliphatic carbocycles. The molecular weight excluding hydrogens is 304 g/mol. The maximum absolute atomic E-state index is 12.6. The summed E-state index contributed by atoms with van der Waals surface area (Å²) in [5.41, 5.74) is 1.47. The van der Waals surface area contributed by atoms with Crippen LogP contribution in [-0.4, -0.2) is 44.6 Å². The molecule has 0 spiro atoms. The lowest BCUT2D eigenvalue weighted by Gasteiger charge is -2.24. The molecule has 1 atom stereocenters. The zero-order valence-corrected chi connectivity index (χ0v) is 13.9. The van der Waals surface area contributed by atoms with Gasteiger partial charge in [0.15, 0.2) is 0 Å². The smallest absolute Gasteiger partial charge is 0.270 e. The van der Waals surface area contributed by atoms with Gasteiger partial charge in [0.05, 0.1) is 5.69 Å². The third kappa shape index (κ3) is 2.98. The first-order valence-corrected chi connectivity index (χ1v) is 8.60. The van der Waals surface area contributed by atoms with E-state index in [0.717, 1.165) is 56.8 Å². The van der Waals surface area contributed by atoms with Crippen LogP contribution in [0.25, 0.3) is 0 Å². The van der Waals surface area contributed by atoms with Gasteiger partial charge in [-0.1, -0.05) is 0 Å². The molecule has 1 saturated heterocycles. The van der Waals surface area contributed by atoms with Gasteiger partial charge >= 0.3 is 0 Å². The minimum Gasteiger partial charge on any atom is -0.346 e. The molecule has 2 aromatic rings. The number of fused-ring (bicyclic) bond motifs is 1. The van der Waals surface area contributed by atoms with Gasteiger partial charge < -0.3 is 14.8 Å². The van der Waals surface area contributed by atoms with Crippen molar-refractivity contribution in [2.45, 2.75) is 45.2 Å². The summed E-state index contributed by atoms with van der Waals surface area (Å²) in [6.07, 6.45) is 7.84. The minimum atomic E-state index is -0.122. The van der Waals surface area contributed by atoms with E-state index in [1.807, 2.05) is 13.1 Å². The van der Waals surface area contributed by atoms with E-state index in [-0.39, 0.29) is 11.9 Å². The molecule has 1 amide bonds. The van der Waals surface area contributed by atoms with Crippen LogP contribution in [0, 0.1) is 6.92 Å². The second-order valence-corrected chi connectivity index (χ2v) is 6.60. The fourth-order valence-electron chi connectivity index (χ4n) is 3.51. The Morgan fingerprint density at radius 2 is 2.12 bits per heavy atom. The summed E-state index contributed by atoms with van der Waals surface area (Å²) in [4.78, 5) is 27.9. The van der Waals surface area contributed by atoms with Gasteiger partial charge in [-0.25, -0.2) is 15.0 Å². The van der Waals surface area contributed by atoms with Crippen LogP contribution in [0.2, 0.25) is 0 Å². The largest absolute Gasteiger partial charge is 0.346 e. The lowest BCUT2D eigenvalue weighted by Crippen LogP contribution is -2.41. The van der Waals surface area contributed by atoms with E-state index < -0.39 is 0 Å². The molecule has 2 aliphatic rings. The normalized spacial score (nSPS) is 20.0. The summed E-state index contributed by atoms with van der Waals surface area (Å²) in [5.74, 6) is 1.65. The Morgan fingerprint density at radius 3 is 2.96 bits per heavy atom. The van der Waals surface area contributed by atoms with Crippen LogP contribution in [0.3, 0.4) is 0 Å². The molecule has 0 radical (unpaired) electrons. The summed E-state index contributed by atoms with van der Waals surface area (Å²) in [5, 5.41) is 3.11. The number of carbonyl (C=O) groups excluding carboxylic acids is 1. The number of hydrogen-bond acceptors (Lipinski definition) is 5. The van der Waals surface area contributed by atoms with Crippen molar-refractivity contribution in [3.8, 4) is 0 Å². The first-order valence-electron chi connectivity index (χ1n) is 8.60. The quantitative estimate of drug-likeness (QED) is 0.921. The van der Waals surface area contributed by atoms with Gasteiger partial charge in [-0.15, -0.1) is 0 Å². The van der Waals surface area contributed by atoms with Crippen molar-refractivity contribution in [1.29, 1.82) is 0 Å². The Labute approximate surface area is 141 Å². The molecule has 4 rings (SSSR count). The second kappa shape index (κ2) is 6.22. The maximum atomic E-state index is 12.6. The molecular formula is C17H22N6O. The average Bonchev–Trinajstić information content (AvgIpc) is 3.23. The summed E-state index contributed by atoms with van der Waals surface area (Å²) < 4.78 is 2.14. The number of amides is 1. The predicted molar refractivity (Wildman–Crippen MR) is 90.0 cm³/mol. The molecule has 24 heavy (non-hydrogen) atoms. The number of rotatable bonds is 3. The van der Waals surface area contributed by atoms with Crippen LogP contribution in [0.5, 0.6) is 0 Å². The fraction of sp³-hybridized carbons (Fsp3) is 0.529. The van der Waals surface area contributed by atoms with Crippen molar-refractivity contribution in [3.63, 3.8) is 0 Å². The van der Waals surface area contributed by atoms with Crippen molar-refractivity contribution in [2.24, 2.45) is 0 Å². The molecule has 1 N–H and O–H groups in total. The number of anilines is 1. The molecule has 0 saturated carbocycles. The molecule has 0 aromatic carbocycles. The molecule has 2 aliphatic heterocycles. The second-order valence-electron chi connectivity index (χ2n) is 6.60. The Morgan fingerprint density at radius 1 is 1.29 bits per heavy atom. The molecule has 7 nitrogen and oxygen atoms in total. The van der Waals surface area contributed by atoms with Gasteiger partial charge in [0.2, 0.25) is 5.95 Å². The number of nitrogens with zero attached hydrogens (tertiary/aromatic N) is 5. The number of hydrogen-bond donors (Lipinski definition) is 1. The van der Waals surface area contributed by atoms with E-state index in [1.165, 1.54) is 0 Å². The Balaban J connectivity index is 1.44. The standard InChI is InChI=1S/C17H22N6O/c1-12-10-23-11-13(4-5-15(23)19-12)20-16(24)14-6-7-18-17(21-14)22-8-2-3-9-22/h6-7,10,13H,2-5,8-9,11H2,1H3,(H,20,24)/t13-/m0/s1. The first-order chi connectivity index (χ1) is 11.7. The number of aryl methyl sites for hydroxylation is 2.